The lowest BCUT2D eigenvalue weighted by atomic mass is 9.72. The van der Waals surface area contributed by atoms with Crippen LogP contribution in [0.1, 0.15) is 48.6 Å². The van der Waals surface area contributed by atoms with E-state index in [9.17, 15) is 23.1 Å². The van der Waals surface area contributed by atoms with E-state index in [4.69, 9.17) is 16.3 Å². The number of ether oxygens (including phenoxy) is 1. The Bertz CT molecular complexity index is 1670. The van der Waals surface area contributed by atoms with Gasteiger partial charge in [0.05, 0.1) is 16.9 Å². The molecule has 41 heavy (non-hydrogen) atoms. The number of carbonyl (C=O) groups is 1. The van der Waals surface area contributed by atoms with Gasteiger partial charge in [-0.3, -0.25) is 4.79 Å². The smallest absolute Gasteiger partial charge is 0.429 e. The van der Waals surface area contributed by atoms with Gasteiger partial charge >= 0.3 is 12.1 Å². The standard InChI is InChI=1S/C28H25ClF3N5O3S/c1-15-6-9-37(36-15)21-10-17(29)2-3-18(21)24(28(30,31)32)40-25-23-22(34-14-35-25)19(12-41-23)16-4-7-27(8-5-16)11-20(26(38)39)33-13-27/h2-4,6,9-10,12,14,20,24,33H,5,7-8,11,13H2,1H3,(H,38,39). The number of halogens is 4. The zero-order valence-corrected chi connectivity index (χ0v) is 23.4. The van der Waals surface area contributed by atoms with Crippen LogP contribution in [0.15, 0.2) is 48.2 Å². The van der Waals surface area contributed by atoms with Gasteiger partial charge in [0.1, 0.15) is 17.1 Å². The van der Waals surface area contributed by atoms with E-state index in [1.807, 2.05) is 5.38 Å². The maximum atomic E-state index is 14.5. The molecule has 1 aliphatic carbocycles. The molecule has 1 saturated heterocycles. The Labute approximate surface area is 241 Å². The van der Waals surface area contributed by atoms with Crippen molar-refractivity contribution in [1.29, 1.82) is 0 Å². The van der Waals surface area contributed by atoms with Crippen molar-refractivity contribution in [1.82, 2.24) is 25.1 Å². The topological polar surface area (TPSA) is 102 Å². The highest BCUT2D eigenvalue weighted by Crippen LogP contribution is 2.47. The van der Waals surface area contributed by atoms with Gasteiger partial charge in [-0.2, -0.15) is 18.3 Å². The van der Waals surface area contributed by atoms with Gasteiger partial charge < -0.3 is 15.2 Å². The lowest BCUT2D eigenvalue weighted by Gasteiger charge is -2.31. The van der Waals surface area contributed by atoms with Gasteiger partial charge in [-0.25, -0.2) is 14.6 Å². The number of benzene rings is 1. The Morgan fingerprint density at radius 2 is 2.15 bits per heavy atom. The predicted molar refractivity (Wildman–Crippen MR) is 148 cm³/mol. The van der Waals surface area contributed by atoms with E-state index in [1.165, 1.54) is 40.5 Å². The summed E-state index contributed by atoms with van der Waals surface area (Å²) in [5, 5.41) is 18.9. The minimum Gasteiger partial charge on any atom is -0.480 e. The van der Waals surface area contributed by atoms with Crippen molar-refractivity contribution in [3.05, 3.63) is 70.1 Å². The number of rotatable bonds is 6. The predicted octanol–water partition coefficient (Wildman–Crippen LogP) is 6.52. The van der Waals surface area contributed by atoms with E-state index in [1.54, 1.807) is 19.2 Å². The quantitative estimate of drug-likeness (QED) is 0.259. The fourth-order valence-electron chi connectivity index (χ4n) is 5.67. The monoisotopic (exact) mass is 603 g/mol. The van der Waals surface area contributed by atoms with Crippen LogP contribution in [0.4, 0.5) is 13.2 Å². The number of fused-ring (bicyclic) bond motifs is 1. The molecule has 2 aliphatic rings. The summed E-state index contributed by atoms with van der Waals surface area (Å²) in [6, 6.07) is 5.24. The maximum absolute atomic E-state index is 14.5. The van der Waals surface area contributed by atoms with Gasteiger partial charge in [0.2, 0.25) is 12.0 Å². The fourth-order valence-corrected chi connectivity index (χ4v) is 6.81. The lowest BCUT2D eigenvalue weighted by molar-refractivity contribution is -0.198. The summed E-state index contributed by atoms with van der Waals surface area (Å²) in [6.45, 7) is 2.38. The molecule has 0 saturated carbocycles. The molecule has 3 atom stereocenters. The highest BCUT2D eigenvalue weighted by molar-refractivity contribution is 7.17. The normalized spacial score (nSPS) is 21.8. The van der Waals surface area contributed by atoms with Crippen molar-refractivity contribution in [2.75, 3.05) is 6.54 Å². The van der Waals surface area contributed by atoms with Crippen LogP contribution in [0.25, 0.3) is 21.5 Å². The second kappa shape index (κ2) is 10.4. The van der Waals surface area contributed by atoms with E-state index in [2.05, 4.69) is 26.5 Å². The fraction of sp³-hybridized carbons (Fsp3) is 0.357. The lowest BCUT2D eigenvalue weighted by Crippen LogP contribution is -2.30. The Morgan fingerprint density at radius 1 is 1.32 bits per heavy atom. The zero-order chi connectivity index (χ0) is 28.9. The SMILES string of the molecule is Cc1ccn(-c2cc(Cl)ccc2C(Oc2ncnc3c(C4=CCC5(CC4)CNC(C(=O)O)C5)csc23)C(F)(F)F)n1. The summed E-state index contributed by atoms with van der Waals surface area (Å²) in [6.07, 6.45) is 0.575. The maximum Gasteiger partial charge on any atom is 0.429 e. The second-order valence-electron chi connectivity index (χ2n) is 10.6. The molecule has 4 heterocycles. The Hall–Kier alpha value is -3.48. The van der Waals surface area contributed by atoms with Gasteiger partial charge in [0.15, 0.2) is 0 Å². The third-order valence-electron chi connectivity index (χ3n) is 7.80. The third kappa shape index (κ3) is 5.31. The number of allylic oxidation sites excluding steroid dienone is 2. The van der Waals surface area contributed by atoms with Crippen LogP contribution < -0.4 is 10.1 Å². The third-order valence-corrected chi connectivity index (χ3v) is 8.99. The number of carboxylic acids is 1. The molecule has 8 nitrogen and oxygen atoms in total. The van der Waals surface area contributed by atoms with Gasteiger partial charge in [-0.05, 0) is 61.8 Å². The molecule has 0 bridgehead atoms. The molecule has 214 valence electrons. The minimum atomic E-state index is -4.77. The number of carboxylic acid groups (broad SMARTS) is 1. The summed E-state index contributed by atoms with van der Waals surface area (Å²) in [5.41, 5.74) is 2.91. The van der Waals surface area contributed by atoms with E-state index in [-0.39, 0.29) is 27.6 Å². The molecule has 1 aromatic carbocycles. The number of nitrogens with one attached hydrogen (secondary N) is 1. The summed E-state index contributed by atoms with van der Waals surface area (Å²) in [7, 11) is 0. The van der Waals surface area contributed by atoms with E-state index in [0.717, 1.165) is 17.6 Å². The number of aromatic nitrogens is 4. The van der Waals surface area contributed by atoms with Crippen molar-refractivity contribution < 1.29 is 27.8 Å². The number of aryl methyl sites for hydroxylation is 1. The van der Waals surface area contributed by atoms with Crippen molar-refractivity contribution in [3.8, 4) is 11.6 Å². The first-order valence-electron chi connectivity index (χ1n) is 13.0. The first-order valence-corrected chi connectivity index (χ1v) is 14.2. The number of hydrogen-bond acceptors (Lipinski definition) is 7. The highest BCUT2D eigenvalue weighted by Gasteiger charge is 2.46. The summed E-state index contributed by atoms with van der Waals surface area (Å²) in [5.74, 6) is -1.00. The van der Waals surface area contributed by atoms with E-state index < -0.39 is 24.3 Å². The average molecular weight is 604 g/mol. The van der Waals surface area contributed by atoms with Crippen LogP contribution in [0.3, 0.4) is 0 Å². The van der Waals surface area contributed by atoms with Gasteiger partial charge in [-0.1, -0.05) is 23.7 Å². The van der Waals surface area contributed by atoms with Crippen molar-refractivity contribution in [2.45, 2.75) is 50.9 Å². The Kier molecular flexibility index (Phi) is 7.03. The van der Waals surface area contributed by atoms with Crippen molar-refractivity contribution in [2.24, 2.45) is 5.41 Å². The van der Waals surface area contributed by atoms with Crippen LogP contribution in [-0.2, 0) is 4.79 Å². The highest BCUT2D eigenvalue weighted by atomic mass is 35.5. The molecule has 4 aromatic rings. The van der Waals surface area contributed by atoms with Crippen molar-refractivity contribution >= 4 is 44.7 Å². The number of alkyl halides is 3. The van der Waals surface area contributed by atoms with Crippen LogP contribution in [0.2, 0.25) is 5.02 Å². The number of nitrogens with zero attached hydrogens (tertiary/aromatic N) is 4. The molecule has 3 aromatic heterocycles. The van der Waals surface area contributed by atoms with E-state index in [0.29, 0.717) is 41.7 Å². The Morgan fingerprint density at radius 3 is 2.80 bits per heavy atom. The molecule has 2 N–H and O–H groups in total. The molecular weight excluding hydrogens is 579 g/mol. The van der Waals surface area contributed by atoms with Crippen LogP contribution in [0.5, 0.6) is 5.88 Å². The largest absolute Gasteiger partial charge is 0.480 e. The number of aliphatic carboxylic acids is 1. The molecule has 1 aliphatic heterocycles. The first kappa shape index (κ1) is 27.7. The molecule has 0 amide bonds. The second-order valence-corrected chi connectivity index (χ2v) is 11.9. The molecular formula is C28H25ClF3N5O3S. The minimum absolute atomic E-state index is 0.106. The number of hydrogen-bond donors (Lipinski definition) is 2. The molecule has 13 heteroatoms. The van der Waals surface area contributed by atoms with Gasteiger partial charge in [0, 0.05) is 34.3 Å². The van der Waals surface area contributed by atoms with Gasteiger partial charge in [-0.15, -0.1) is 11.3 Å². The molecule has 6 rings (SSSR count). The molecule has 3 unspecified atom stereocenters. The zero-order valence-electron chi connectivity index (χ0n) is 21.8. The summed E-state index contributed by atoms with van der Waals surface area (Å²) < 4.78 is 51.0. The molecule has 1 fully saturated rings. The van der Waals surface area contributed by atoms with Crippen LogP contribution in [0, 0.1) is 12.3 Å². The molecule has 1 spiro atoms. The van der Waals surface area contributed by atoms with Crippen molar-refractivity contribution in [3.63, 3.8) is 0 Å². The van der Waals surface area contributed by atoms with E-state index >= 15 is 0 Å². The first-order chi connectivity index (χ1) is 19.5. The molecule has 0 radical (unpaired) electrons. The van der Waals surface area contributed by atoms with Gasteiger partial charge in [0.25, 0.3) is 0 Å². The summed E-state index contributed by atoms with van der Waals surface area (Å²) >= 11 is 7.38. The van der Waals surface area contributed by atoms with Crippen LogP contribution in [-0.4, -0.2) is 49.6 Å². The summed E-state index contributed by atoms with van der Waals surface area (Å²) in [4.78, 5) is 19.9. The average Bonchev–Trinajstić information content (AvgIpc) is 3.67. The Balaban J connectivity index is 1.32. The number of thiophene rings is 1. The van der Waals surface area contributed by atoms with Crippen LogP contribution >= 0.6 is 22.9 Å².